The zero-order chi connectivity index (χ0) is 16.2. The molecule has 23 heavy (non-hydrogen) atoms. The highest BCUT2D eigenvalue weighted by Gasteiger charge is 2.08. The van der Waals surface area contributed by atoms with Crippen LogP contribution in [0.15, 0.2) is 58.9 Å². The molecule has 0 atom stereocenters. The largest absolute Gasteiger partial charge is 0.395 e. The number of hydrogen-bond donors (Lipinski definition) is 1. The maximum Gasteiger partial charge on any atom is 0.190 e. The van der Waals surface area contributed by atoms with Gasteiger partial charge in [0.15, 0.2) is 4.80 Å². The van der Waals surface area contributed by atoms with Crippen LogP contribution in [-0.2, 0) is 6.54 Å². The summed E-state index contributed by atoms with van der Waals surface area (Å²) in [5.41, 5.74) is 3.84. The van der Waals surface area contributed by atoms with Gasteiger partial charge in [-0.3, -0.25) is 0 Å². The number of para-hydroxylation sites is 1. The van der Waals surface area contributed by atoms with E-state index in [1.54, 1.807) is 12.1 Å². The predicted molar refractivity (Wildman–Crippen MR) is 91.2 cm³/mol. The van der Waals surface area contributed by atoms with Gasteiger partial charge < -0.3 is 9.67 Å². The Morgan fingerprint density at radius 1 is 1.13 bits per heavy atom. The smallest absolute Gasteiger partial charge is 0.190 e. The molecule has 0 unspecified atom stereocenters. The highest BCUT2D eigenvalue weighted by atomic mass is 32.1. The van der Waals surface area contributed by atoms with Crippen molar-refractivity contribution < 1.29 is 9.50 Å². The molecule has 0 saturated carbocycles. The Bertz CT molecular complexity index is 865. The normalized spacial score (nSPS) is 11.9. The minimum absolute atomic E-state index is 0.0197. The molecule has 0 fully saturated rings. The maximum atomic E-state index is 13.1. The molecule has 0 aliphatic carbocycles. The molecule has 5 heteroatoms. The van der Waals surface area contributed by atoms with E-state index in [1.165, 1.54) is 23.5 Å². The predicted octanol–water partition coefficient (Wildman–Crippen LogP) is 3.89. The minimum Gasteiger partial charge on any atom is -0.395 e. The molecule has 0 saturated heterocycles. The third kappa shape index (κ3) is 3.41. The molecule has 0 bridgehead atoms. The first-order chi connectivity index (χ1) is 11.2. The van der Waals surface area contributed by atoms with E-state index in [1.807, 2.05) is 41.1 Å². The van der Waals surface area contributed by atoms with Crippen LogP contribution in [-0.4, -0.2) is 16.3 Å². The van der Waals surface area contributed by atoms with Crippen molar-refractivity contribution in [1.29, 1.82) is 0 Å². The Labute approximate surface area is 138 Å². The first kappa shape index (κ1) is 15.6. The highest BCUT2D eigenvalue weighted by molar-refractivity contribution is 7.07. The van der Waals surface area contributed by atoms with Gasteiger partial charge in [0.2, 0.25) is 0 Å². The molecule has 0 aliphatic heterocycles. The summed E-state index contributed by atoms with van der Waals surface area (Å²) in [5, 5.41) is 11.4. The van der Waals surface area contributed by atoms with Crippen molar-refractivity contribution in [2.45, 2.75) is 13.5 Å². The number of halogens is 1. The molecular formula is C18H17FN2OS. The summed E-state index contributed by atoms with van der Waals surface area (Å²) in [6, 6.07) is 14.3. The van der Waals surface area contributed by atoms with Crippen molar-refractivity contribution in [3.8, 4) is 11.3 Å². The molecule has 118 valence electrons. The van der Waals surface area contributed by atoms with Crippen molar-refractivity contribution in [3.63, 3.8) is 0 Å². The van der Waals surface area contributed by atoms with Gasteiger partial charge in [-0.1, -0.05) is 18.2 Å². The van der Waals surface area contributed by atoms with Gasteiger partial charge in [-0.2, -0.15) is 0 Å². The summed E-state index contributed by atoms with van der Waals surface area (Å²) in [5.74, 6) is -0.262. The van der Waals surface area contributed by atoms with Crippen LogP contribution >= 0.6 is 11.3 Å². The van der Waals surface area contributed by atoms with Crippen molar-refractivity contribution in [1.82, 2.24) is 4.57 Å². The van der Waals surface area contributed by atoms with Gasteiger partial charge in [0.05, 0.1) is 18.0 Å². The number of benzene rings is 2. The summed E-state index contributed by atoms with van der Waals surface area (Å²) in [7, 11) is 0. The van der Waals surface area contributed by atoms with Gasteiger partial charge in [-0.05, 0) is 48.4 Å². The lowest BCUT2D eigenvalue weighted by atomic mass is 10.2. The van der Waals surface area contributed by atoms with E-state index in [2.05, 4.69) is 0 Å². The van der Waals surface area contributed by atoms with Crippen molar-refractivity contribution in [3.05, 3.63) is 70.1 Å². The summed E-state index contributed by atoms with van der Waals surface area (Å²) >= 11 is 1.51. The molecule has 0 spiro atoms. The lowest BCUT2D eigenvalue weighted by Gasteiger charge is -2.07. The standard InChI is InChI=1S/C18H17FN2OS/c1-13-4-2-3-5-16(13)20-18-21(10-11-22)17(12-23-18)14-6-8-15(19)9-7-14/h2-9,12,22H,10-11H2,1H3. The van der Waals surface area contributed by atoms with E-state index >= 15 is 0 Å². The average Bonchev–Trinajstić information content (AvgIpc) is 2.94. The quantitative estimate of drug-likeness (QED) is 0.775. The van der Waals surface area contributed by atoms with Crippen LogP contribution < -0.4 is 4.80 Å². The van der Waals surface area contributed by atoms with Crippen LogP contribution in [0, 0.1) is 12.7 Å². The molecule has 3 aromatic rings. The van der Waals surface area contributed by atoms with E-state index in [0.29, 0.717) is 6.54 Å². The lowest BCUT2D eigenvalue weighted by molar-refractivity contribution is 0.275. The molecular weight excluding hydrogens is 311 g/mol. The number of hydrogen-bond acceptors (Lipinski definition) is 3. The first-order valence-electron chi connectivity index (χ1n) is 7.34. The van der Waals surface area contributed by atoms with E-state index in [0.717, 1.165) is 27.3 Å². The van der Waals surface area contributed by atoms with Crippen LogP contribution in [0.3, 0.4) is 0 Å². The Morgan fingerprint density at radius 3 is 2.57 bits per heavy atom. The van der Waals surface area contributed by atoms with E-state index in [-0.39, 0.29) is 12.4 Å². The summed E-state index contributed by atoms with van der Waals surface area (Å²) in [6.07, 6.45) is 0. The van der Waals surface area contributed by atoms with Crippen molar-refractivity contribution >= 4 is 17.0 Å². The second-order valence-corrected chi connectivity index (χ2v) is 6.02. The van der Waals surface area contributed by atoms with Gasteiger partial charge in [0.1, 0.15) is 5.82 Å². The SMILES string of the molecule is Cc1ccccc1N=c1scc(-c2ccc(F)cc2)n1CCO. The van der Waals surface area contributed by atoms with Gasteiger partial charge in [0, 0.05) is 11.9 Å². The number of aromatic nitrogens is 1. The van der Waals surface area contributed by atoms with Crippen LogP contribution in [0.1, 0.15) is 5.56 Å². The monoisotopic (exact) mass is 328 g/mol. The zero-order valence-corrected chi connectivity index (χ0v) is 13.6. The van der Waals surface area contributed by atoms with Crippen LogP contribution in [0.5, 0.6) is 0 Å². The molecule has 3 nitrogen and oxygen atoms in total. The molecule has 1 N–H and O–H groups in total. The third-order valence-corrected chi connectivity index (χ3v) is 4.46. The van der Waals surface area contributed by atoms with Crippen molar-refractivity contribution in [2.24, 2.45) is 4.99 Å². The highest BCUT2D eigenvalue weighted by Crippen LogP contribution is 2.22. The summed E-state index contributed by atoms with van der Waals surface area (Å²) in [4.78, 5) is 5.53. The molecule has 2 aromatic carbocycles. The Hall–Kier alpha value is -2.24. The zero-order valence-electron chi connectivity index (χ0n) is 12.7. The molecule has 3 rings (SSSR count). The molecule has 0 amide bonds. The Balaban J connectivity index is 2.12. The lowest BCUT2D eigenvalue weighted by Crippen LogP contribution is -2.18. The molecule has 1 heterocycles. The molecule has 0 radical (unpaired) electrons. The third-order valence-electron chi connectivity index (χ3n) is 3.59. The number of rotatable bonds is 4. The van der Waals surface area contributed by atoms with Crippen LogP contribution in [0.25, 0.3) is 11.3 Å². The van der Waals surface area contributed by atoms with E-state index in [9.17, 15) is 9.50 Å². The average molecular weight is 328 g/mol. The van der Waals surface area contributed by atoms with Crippen LogP contribution in [0.4, 0.5) is 10.1 Å². The number of aryl methyl sites for hydroxylation is 1. The molecule has 1 aromatic heterocycles. The molecule has 0 aliphatic rings. The van der Waals surface area contributed by atoms with Crippen LogP contribution in [0.2, 0.25) is 0 Å². The first-order valence-corrected chi connectivity index (χ1v) is 8.22. The van der Waals surface area contributed by atoms with Gasteiger partial charge in [-0.25, -0.2) is 9.38 Å². The minimum atomic E-state index is -0.262. The fraction of sp³-hybridized carbons (Fsp3) is 0.167. The number of thiazole rings is 1. The number of nitrogens with zero attached hydrogens (tertiary/aromatic N) is 2. The van der Waals surface area contributed by atoms with Gasteiger partial charge >= 0.3 is 0 Å². The number of aliphatic hydroxyl groups excluding tert-OH is 1. The second kappa shape index (κ2) is 6.89. The van der Waals surface area contributed by atoms with E-state index in [4.69, 9.17) is 4.99 Å². The Morgan fingerprint density at radius 2 is 1.87 bits per heavy atom. The second-order valence-electron chi connectivity index (χ2n) is 5.18. The summed E-state index contributed by atoms with van der Waals surface area (Å²) < 4.78 is 15.1. The van der Waals surface area contributed by atoms with Crippen molar-refractivity contribution in [2.75, 3.05) is 6.61 Å². The van der Waals surface area contributed by atoms with Gasteiger partial charge in [0.25, 0.3) is 0 Å². The summed E-state index contributed by atoms with van der Waals surface area (Å²) in [6.45, 7) is 2.48. The number of aliphatic hydroxyl groups is 1. The topological polar surface area (TPSA) is 37.5 Å². The Kier molecular flexibility index (Phi) is 4.69. The van der Waals surface area contributed by atoms with E-state index < -0.39 is 0 Å². The fourth-order valence-electron chi connectivity index (χ4n) is 2.38. The van der Waals surface area contributed by atoms with Gasteiger partial charge in [-0.15, -0.1) is 11.3 Å². The maximum absolute atomic E-state index is 13.1. The fourth-order valence-corrected chi connectivity index (χ4v) is 3.33.